The summed E-state index contributed by atoms with van der Waals surface area (Å²) in [4.78, 5) is 0. The minimum absolute atomic E-state index is 0.119. The molecule has 0 saturated carbocycles. The Bertz CT molecular complexity index is 964. The van der Waals surface area contributed by atoms with Crippen molar-refractivity contribution >= 4 is 21.6 Å². The average molecular weight is 394 g/mol. The van der Waals surface area contributed by atoms with Gasteiger partial charge in [-0.1, -0.05) is 23.7 Å². The van der Waals surface area contributed by atoms with Gasteiger partial charge in [-0.15, -0.1) is 0 Å². The van der Waals surface area contributed by atoms with Gasteiger partial charge in [-0.25, -0.2) is 13.1 Å². The average Bonchev–Trinajstić information content (AvgIpc) is 3.20. The molecule has 26 heavy (non-hydrogen) atoms. The van der Waals surface area contributed by atoms with Crippen LogP contribution in [0.1, 0.15) is 28.8 Å². The summed E-state index contributed by atoms with van der Waals surface area (Å²) in [6.45, 7) is 3.97. The maximum atomic E-state index is 12.5. The molecule has 1 atom stereocenters. The molecule has 0 aliphatic heterocycles. The second-order valence-corrected chi connectivity index (χ2v) is 8.38. The standard InChI is InChI=1S/C18H20ClN3O3S/c1-13-10-14(2)22(21-13)17(18-4-3-9-25-18)11-20-26(23,24)12-15-5-7-16(19)8-6-15/h3-10,17,20H,11-12H2,1-2H3. The molecule has 0 radical (unpaired) electrons. The van der Waals surface area contributed by atoms with Crippen molar-refractivity contribution in [2.45, 2.75) is 25.6 Å². The van der Waals surface area contributed by atoms with Gasteiger partial charge in [-0.2, -0.15) is 5.10 Å². The minimum Gasteiger partial charge on any atom is -0.467 e. The molecule has 0 aliphatic carbocycles. The first-order valence-corrected chi connectivity index (χ1v) is 10.1. The van der Waals surface area contributed by atoms with Crippen molar-refractivity contribution in [1.82, 2.24) is 14.5 Å². The van der Waals surface area contributed by atoms with Gasteiger partial charge in [0.2, 0.25) is 10.0 Å². The Balaban J connectivity index is 1.77. The first kappa shape index (κ1) is 18.7. The SMILES string of the molecule is Cc1cc(C)n(C(CNS(=O)(=O)Cc2ccc(Cl)cc2)c2ccco2)n1. The second kappa shape index (κ2) is 7.65. The summed E-state index contributed by atoms with van der Waals surface area (Å²) in [5, 5.41) is 5.04. The van der Waals surface area contributed by atoms with Crippen LogP contribution < -0.4 is 4.72 Å². The number of benzene rings is 1. The molecule has 0 fully saturated rings. The van der Waals surface area contributed by atoms with Crippen LogP contribution in [0.3, 0.4) is 0 Å². The quantitative estimate of drug-likeness (QED) is 0.666. The number of aryl methyl sites for hydroxylation is 2. The van der Waals surface area contributed by atoms with Gasteiger partial charge in [0.15, 0.2) is 0 Å². The molecule has 0 aliphatic rings. The molecule has 6 nitrogen and oxygen atoms in total. The van der Waals surface area contributed by atoms with Gasteiger partial charge in [-0.3, -0.25) is 4.68 Å². The van der Waals surface area contributed by atoms with Gasteiger partial charge in [0, 0.05) is 17.3 Å². The fraction of sp³-hybridized carbons (Fsp3) is 0.278. The number of rotatable bonds is 7. The monoisotopic (exact) mass is 393 g/mol. The molecule has 138 valence electrons. The molecule has 3 rings (SSSR count). The van der Waals surface area contributed by atoms with Gasteiger partial charge < -0.3 is 4.42 Å². The molecule has 1 N–H and O–H groups in total. The van der Waals surface area contributed by atoms with E-state index in [9.17, 15) is 8.42 Å². The third-order valence-corrected chi connectivity index (χ3v) is 5.55. The zero-order valence-electron chi connectivity index (χ0n) is 14.5. The topological polar surface area (TPSA) is 77.1 Å². The lowest BCUT2D eigenvalue weighted by Gasteiger charge is -2.18. The molecule has 1 aromatic carbocycles. The fourth-order valence-electron chi connectivity index (χ4n) is 2.81. The summed E-state index contributed by atoms with van der Waals surface area (Å²) < 4.78 is 34.9. The first-order valence-electron chi connectivity index (χ1n) is 8.12. The Morgan fingerprint density at radius 1 is 1.23 bits per heavy atom. The van der Waals surface area contributed by atoms with E-state index < -0.39 is 10.0 Å². The molecule has 0 amide bonds. The van der Waals surface area contributed by atoms with Crippen LogP contribution in [-0.2, 0) is 15.8 Å². The highest BCUT2D eigenvalue weighted by atomic mass is 35.5. The highest BCUT2D eigenvalue weighted by Gasteiger charge is 2.22. The third-order valence-electron chi connectivity index (χ3n) is 3.98. The number of hydrogen-bond donors (Lipinski definition) is 1. The number of aromatic nitrogens is 2. The number of furan rings is 1. The maximum Gasteiger partial charge on any atom is 0.215 e. The lowest BCUT2D eigenvalue weighted by molar-refractivity contribution is 0.396. The van der Waals surface area contributed by atoms with Crippen molar-refractivity contribution in [3.05, 3.63) is 76.5 Å². The molecule has 1 unspecified atom stereocenters. The van der Waals surface area contributed by atoms with Crippen LogP contribution in [0.2, 0.25) is 5.02 Å². The van der Waals surface area contributed by atoms with Crippen LogP contribution in [0.15, 0.2) is 53.1 Å². The Hall–Kier alpha value is -2.09. The summed E-state index contributed by atoms with van der Waals surface area (Å²) in [5.74, 6) is 0.525. The summed E-state index contributed by atoms with van der Waals surface area (Å²) in [5.41, 5.74) is 2.46. The molecular formula is C18H20ClN3O3S. The van der Waals surface area contributed by atoms with E-state index in [4.69, 9.17) is 16.0 Å². The number of sulfonamides is 1. The largest absolute Gasteiger partial charge is 0.467 e. The van der Waals surface area contributed by atoms with Gasteiger partial charge in [0.1, 0.15) is 11.8 Å². The van der Waals surface area contributed by atoms with E-state index in [0.29, 0.717) is 16.3 Å². The summed E-state index contributed by atoms with van der Waals surface area (Å²) in [6.07, 6.45) is 1.57. The highest BCUT2D eigenvalue weighted by Crippen LogP contribution is 2.21. The van der Waals surface area contributed by atoms with Gasteiger partial charge in [-0.05, 0) is 49.7 Å². The van der Waals surface area contributed by atoms with Crippen LogP contribution in [0.5, 0.6) is 0 Å². The Labute approximate surface area is 157 Å². The van der Waals surface area contributed by atoms with E-state index in [1.807, 2.05) is 26.0 Å². The van der Waals surface area contributed by atoms with E-state index in [2.05, 4.69) is 9.82 Å². The zero-order chi connectivity index (χ0) is 18.7. The van der Waals surface area contributed by atoms with Crippen LogP contribution in [0.25, 0.3) is 0 Å². The molecule has 0 bridgehead atoms. The van der Waals surface area contributed by atoms with Crippen LogP contribution >= 0.6 is 11.6 Å². The molecule has 8 heteroatoms. The molecule has 0 spiro atoms. The van der Waals surface area contributed by atoms with Crippen molar-refractivity contribution in [2.75, 3.05) is 6.54 Å². The predicted octanol–water partition coefficient (Wildman–Crippen LogP) is 3.46. The van der Waals surface area contributed by atoms with E-state index in [0.717, 1.165) is 11.4 Å². The van der Waals surface area contributed by atoms with Gasteiger partial charge >= 0.3 is 0 Å². The van der Waals surface area contributed by atoms with Crippen molar-refractivity contribution in [2.24, 2.45) is 0 Å². The van der Waals surface area contributed by atoms with Gasteiger partial charge in [0.05, 0.1) is 17.7 Å². The van der Waals surface area contributed by atoms with E-state index in [1.165, 1.54) is 0 Å². The molecule has 0 saturated heterocycles. The van der Waals surface area contributed by atoms with Crippen molar-refractivity contribution in [3.8, 4) is 0 Å². The highest BCUT2D eigenvalue weighted by molar-refractivity contribution is 7.88. The molecule has 2 aromatic heterocycles. The first-order chi connectivity index (χ1) is 12.3. The number of halogens is 1. The van der Waals surface area contributed by atoms with E-state index in [-0.39, 0.29) is 18.3 Å². The molecular weight excluding hydrogens is 374 g/mol. The Morgan fingerprint density at radius 2 is 1.96 bits per heavy atom. The summed E-state index contributed by atoms with van der Waals surface area (Å²) in [6, 6.07) is 11.9. The lowest BCUT2D eigenvalue weighted by atomic mass is 10.2. The fourth-order valence-corrected chi connectivity index (χ4v) is 4.08. The maximum absolute atomic E-state index is 12.5. The molecule has 2 heterocycles. The number of hydrogen-bond acceptors (Lipinski definition) is 4. The predicted molar refractivity (Wildman–Crippen MR) is 101 cm³/mol. The lowest BCUT2D eigenvalue weighted by Crippen LogP contribution is -2.32. The second-order valence-electron chi connectivity index (χ2n) is 6.14. The number of nitrogens with zero attached hydrogens (tertiary/aromatic N) is 2. The summed E-state index contributed by atoms with van der Waals surface area (Å²) >= 11 is 5.84. The van der Waals surface area contributed by atoms with Crippen molar-refractivity contribution < 1.29 is 12.8 Å². The van der Waals surface area contributed by atoms with E-state index in [1.54, 1.807) is 41.3 Å². The molecule has 3 aromatic rings. The zero-order valence-corrected chi connectivity index (χ0v) is 16.1. The minimum atomic E-state index is -3.52. The Morgan fingerprint density at radius 3 is 2.54 bits per heavy atom. The van der Waals surface area contributed by atoms with Crippen molar-refractivity contribution in [1.29, 1.82) is 0 Å². The van der Waals surface area contributed by atoms with Crippen LogP contribution in [0.4, 0.5) is 0 Å². The summed E-state index contributed by atoms with van der Waals surface area (Å²) in [7, 11) is -3.52. The Kier molecular flexibility index (Phi) is 5.50. The number of nitrogens with one attached hydrogen (secondary N) is 1. The van der Waals surface area contributed by atoms with Crippen LogP contribution in [-0.4, -0.2) is 24.7 Å². The van der Waals surface area contributed by atoms with Gasteiger partial charge in [0.25, 0.3) is 0 Å². The third kappa shape index (κ3) is 4.55. The van der Waals surface area contributed by atoms with Crippen molar-refractivity contribution in [3.63, 3.8) is 0 Å². The normalized spacial score (nSPS) is 13.0. The smallest absolute Gasteiger partial charge is 0.215 e. The van der Waals surface area contributed by atoms with E-state index >= 15 is 0 Å². The van der Waals surface area contributed by atoms with Crippen LogP contribution in [0, 0.1) is 13.8 Å².